The molecular weight excluding hydrogens is 198 g/mol. The Labute approximate surface area is 96.9 Å². The highest BCUT2D eigenvalue weighted by atomic mass is 15.1. The van der Waals surface area contributed by atoms with E-state index in [1.54, 1.807) is 0 Å². The summed E-state index contributed by atoms with van der Waals surface area (Å²) in [5, 5.41) is 9.12. The first-order valence-electron chi connectivity index (χ1n) is 5.89. The standard InChI is InChI=1S/C13H19N3/c1-9-10(2)16(12(15)11(9)8-14)13(3)6-4-5-7-13/h4-7,15H2,1-3H3. The third-order valence-electron chi connectivity index (χ3n) is 4.08. The maximum absolute atomic E-state index is 9.12. The molecule has 0 unspecified atom stereocenters. The molecule has 1 saturated carbocycles. The van der Waals surface area contributed by atoms with Gasteiger partial charge in [-0.2, -0.15) is 5.26 Å². The quantitative estimate of drug-likeness (QED) is 0.786. The topological polar surface area (TPSA) is 54.7 Å². The molecule has 0 aliphatic heterocycles. The van der Waals surface area contributed by atoms with Gasteiger partial charge in [-0.25, -0.2) is 0 Å². The van der Waals surface area contributed by atoms with Gasteiger partial charge in [0.05, 0.1) is 5.56 Å². The number of nitrogens with zero attached hydrogens (tertiary/aromatic N) is 2. The second-order valence-corrected chi connectivity index (χ2v) is 5.12. The van der Waals surface area contributed by atoms with Crippen molar-refractivity contribution in [1.82, 2.24) is 4.57 Å². The zero-order valence-corrected chi connectivity index (χ0v) is 10.3. The third-order valence-corrected chi connectivity index (χ3v) is 4.08. The lowest BCUT2D eigenvalue weighted by Gasteiger charge is -2.29. The number of hydrogen-bond donors (Lipinski definition) is 1. The Hall–Kier alpha value is -1.43. The van der Waals surface area contributed by atoms with E-state index in [9.17, 15) is 0 Å². The molecule has 86 valence electrons. The maximum Gasteiger partial charge on any atom is 0.122 e. The minimum Gasteiger partial charge on any atom is -0.384 e. The molecule has 0 bridgehead atoms. The van der Waals surface area contributed by atoms with Crippen molar-refractivity contribution in [2.24, 2.45) is 0 Å². The second kappa shape index (κ2) is 3.55. The molecule has 1 aromatic rings. The largest absolute Gasteiger partial charge is 0.384 e. The van der Waals surface area contributed by atoms with Crippen molar-refractivity contribution < 1.29 is 0 Å². The van der Waals surface area contributed by atoms with Crippen molar-refractivity contribution in [3.05, 3.63) is 16.8 Å². The summed E-state index contributed by atoms with van der Waals surface area (Å²) in [6, 6.07) is 2.22. The first kappa shape index (κ1) is 11.1. The van der Waals surface area contributed by atoms with E-state index in [2.05, 4.69) is 24.5 Å². The number of hydrogen-bond acceptors (Lipinski definition) is 2. The van der Waals surface area contributed by atoms with E-state index in [0.29, 0.717) is 11.4 Å². The van der Waals surface area contributed by atoms with Gasteiger partial charge in [0.25, 0.3) is 0 Å². The number of nitriles is 1. The van der Waals surface area contributed by atoms with Crippen LogP contribution in [0, 0.1) is 25.2 Å². The van der Waals surface area contributed by atoms with E-state index >= 15 is 0 Å². The van der Waals surface area contributed by atoms with Crippen LogP contribution in [-0.4, -0.2) is 4.57 Å². The van der Waals surface area contributed by atoms with Gasteiger partial charge < -0.3 is 10.3 Å². The summed E-state index contributed by atoms with van der Waals surface area (Å²) < 4.78 is 2.19. The Morgan fingerprint density at radius 3 is 2.31 bits per heavy atom. The highest BCUT2D eigenvalue weighted by Crippen LogP contribution is 2.41. The molecular formula is C13H19N3. The summed E-state index contributed by atoms with van der Waals surface area (Å²) in [6.45, 7) is 6.30. The van der Waals surface area contributed by atoms with Crippen LogP contribution < -0.4 is 5.73 Å². The predicted octanol–water partition coefficient (Wildman–Crippen LogP) is 2.85. The van der Waals surface area contributed by atoms with Crippen LogP contribution in [0.3, 0.4) is 0 Å². The fourth-order valence-electron chi connectivity index (χ4n) is 3.03. The highest BCUT2D eigenvalue weighted by molar-refractivity contribution is 5.58. The summed E-state index contributed by atoms with van der Waals surface area (Å²) in [4.78, 5) is 0. The lowest BCUT2D eigenvalue weighted by molar-refractivity contribution is 0.329. The molecule has 0 spiro atoms. The molecule has 3 heteroatoms. The Kier molecular flexibility index (Phi) is 2.46. The molecule has 0 amide bonds. The molecule has 1 heterocycles. The van der Waals surface area contributed by atoms with Gasteiger partial charge in [-0.15, -0.1) is 0 Å². The minimum absolute atomic E-state index is 0.119. The summed E-state index contributed by atoms with van der Waals surface area (Å²) in [5.41, 5.74) is 9.08. The normalized spacial score (nSPS) is 18.6. The van der Waals surface area contributed by atoms with Crippen molar-refractivity contribution in [3.8, 4) is 6.07 Å². The fourth-order valence-corrected chi connectivity index (χ4v) is 3.03. The van der Waals surface area contributed by atoms with Gasteiger partial charge in [0.1, 0.15) is 11.9 Å². The van der Waals surface area contributed by atoms with Gasteiger partial charge in [-0.1, -0.05) is 12.8 Å². The van der Waals surface area contributed by atoms with Crippen molar-refractivity contribution in [1.29, 1.82) is 5.26 Å². The zero-order valence-electron chi connectivity index (χ0n) is 10.3. The van der Waals surface area contributed by atoms with Crippen molar-refractivity contribution in [2.75, 3.05) is 5.73 Å². The zero-order chi connectivity index (χ0) is 11.9. The fraction of sp³-hybridized carbons (Fsp3) is 0.615. The number of aromatic nitrogens is 1. The minimum atomic E-state index is 0.119. The van der Waals surface area contributed by atoms with Crippen LogP contribution in [0.25, 0.3) is 0 Å². The molecule has 0 saturated heterocycles. The van der Waals surface area contributed by atoms with Crippen molar-refractivity contribution in [2.45, 2.75) is 52.0 Å². The van der Waals surface area contributed by atoms with Crippen LogP contribution in [0.2, 0.25) is 0 Å². The average molecular weight is 217 g/mol. The van der Waals surface area contributed by atoms with Gasteiger partial charge in [0.2, 0.25) is 0 Å². The molecule has 3 nitrogen and oxygen atoms in total. The molecule has 2 rings (SSSR count). The second-order valence-electron chi connectivity index (χ2n) is 5.12. The van der Waals surface area contributed by atoms with Crippen LogP contribution in [0.15, 0.2) is 0 Å². The van der Waals surface area contributed by atoms with Gasteiger partial charge in [-0.3, -0.25) is 0 Å². The number of nitrogen functional groups attached to an aromatic ring is 1. The van der Waals surface area contributed by atoms with Gasteiger partial charge in [-0.05, 0) is 39.2 Å². The SMILES string of the molecule is Cc1c(C#N)c(N)n(C2(C)CCCC2)c1C. The molecule has 1 aliphatic rings. The van der Waals surface area contributed by atoms with E-state index in [1.165, 1.54) is 12.8 Å². The smallest absolute Gasteiger partial charge is 0.122 e. The maximum atomic E-state index is 9.12. The lowest BCUT2D eigenvalue weighted by Crippen LogP contribution is -2.28. The summed E-state index contributed by atoms with van der Waals surface area (Å²) >= 11 is 0. The summed E-state index contributed by atoms with van der Waals surface area (Å²) in [6.07, 6.45) is 4.84. The molecule has 1 aliphatic carbocycles. The Bertz CT molecular complexity index is 457. The van der Waals surface area contributed by atoms with Gasteiger partial charge in [0.15, 0.2) is 0 Å². The lowest BCUT2D eigenvalue weighted by atomic mass is 10.00. The van der Waals surface area contributed by atoms with E-state index in [0.717, 1.165) is 24.1 Å². The molecule has 16 heavy (non-hydrogen) atoms. The van der Waals surface area contributed by atoms with E-state index in [-0.39, 0.29) is 5.54 Å². The molecule has 0 radical (unpaired) electrons. The van der Waals surface area contributed by atoms with Gasteiger partial charge >= 0.3 is 0 Å². The van der Waals surface area contributed by atoms with E-state index in [1.807, 2.05) is 6.92 Å². The Balaban J connectivity index is 2.62. The van der Waals surface area contributed by atoms with Crippen LogP contribution in [0.5, 0.6) is 0 Å². The molecule has 1 aromatic heterocycles. The van der Waals surface area contributed by atoms with Crippen LogP contribution >= 0.6 is 0 Å². The Morgan fingerprint density at radius 2 is 1.88 bits per heavy atom. The van der Waals surface area contributed by atoms with Gasteiger partial charge in [0, 0.05) is 11.2 Å². The van der Waals surface area contributed by atoms with Crippen molar-refractivity contribution in [3.63, 3.8) is 0 Å². The first-order valence-corrected chi connectivity index (χ1v) is 5.89. The number of nitrogens with two attached hydrogens (primary N) is 1. The summed E-state index contributed by atoms with van der Waals surface area (Å²) in [5.74, 6) is 0.655. The monoisotopic (exact) mass is 217 g/mol. The van der Waals surface area contributed by atoms with E-state index < -0.39 is 0 Å². The number of anilines is 1. The highest BCUT2D eigenvalue weighted by Gasteiger charge is 2.34. The first-order chi connectivity index (χ1) is 7.51. The third kappa shape index (κ3) is 1.33. The molecule has 1 fully saturated rings. The number of rotatable bonds is 1. The van der Waals surface area contributed by atoms with Crippen LogP contribution in [0.4, 0.5) is 5.82 Å². The average Bonchev–Trinajstić information content (AvgIpc) is 2.74. The van der Waals surface area contributed by atoms with Crippen LogP contribution in [0.1, 0.15) is 49.4 Å². The molecule has 2 N–H and O–H groups in total. The predicted molar refractivity (Wildman–Crippen MR) is 65.1 cm³/mol. The van der Waals surface area contributed by atoms with Crippen molar-refractivity contribution >= 4 is 5.82 Å². The Morgan fingerprint density at radius 1 is 1.31 bits per heavy atom. The van der Waals surface area contributed by atoms with Crippen LogP contribution in [-0.2, 0) is 5.54 Å². The molecule has 0 aromatic carbocycles. The summed E-state index contributed by atoms with van der Waals surface area (Å²) in [7, 11) is 0. The molecule has 0 atom stereocenters. The van der Waals surface area contributed by atoms with E-state index in [4.69, 9.17) is 11.0 Å².